The molecule has 0 saturated heterocycles. The van der Waals surface area contributed by atoms with Crippen molar-refractivity contribution in [3.63, 3.8) is 0 Å². The third-order valence-corrected chi connectivity index (χ3v) is 2.85. The fourth-order valence-corrected chi connectivity index (χ4v) is 1.60. The molecule has 98 valence electrons. The first-order valence-electron chi connectivity index (χ1n) is 5.32. The molecule has 1 rings (SSSR count). The number of benzene rings is 1. The summed E-state index contributed by atoms with van der Waals surface area (Å²) in [5.74, 6) is -1.48. The number of amides is 1. The summed E-state index contributed by atoms with van der Waals surface area (Å²) in [7, 11) is 1.48. The monoisotopic (exact) mass is 315 g/mol. The Kier molecular flexibility index (Phi) is 5.80. The molecule has 0 radical (unpaired) electrons. The van der Waals surface area contributed by atoms with Crippen molar-refractivity contribution >= 4 is 27.8 Å². The molecular weight excluding hydrogens is 302 g/mol. The molecule has 0 fully saturated rings. The van der Waals surface area contributed by atoms with E-state index >= 15 is 0 Å². The Morgan fingerprint density at radius 1 is 1.39 bits per heavy atom. The topological polar surface area (TPSA) is 75.6 Å². The molecule has 1 aromatic carbocycles. The van der Waals surface area contributed by atoms with Gasteiger partial charge in [-0.3, -0.25) is 4.79 Å². The summed E-state index contributed by atoms with van der Waals surface area (Å²) in [5, 5.41) is 11.4. The SMILES string of the molecule is COCCC(NC(=O)c1ccc(Br)cc1)C(=O)O. The largest absolute Gasteiger partial charge is 0.480 e. The zero-order chi connectivity index (χ0) is 13.5. The van der Waals surface area contributed by atoms with E-state index in [4.69, 9.17) is 9.84 Å². The van der Waals surface area contributed by atoms with Crippen LogP contribution in [0.5, 0.6) is 0 Å². The number of hydrogen-bond acceptors (Lipinski definition) is 3. The Morgan fingerprint density at radius 3 is 2.50 bits per heavy atom. The van der Waals surface area contributed by atoms with Gasteiger partial charge in [-0.1, -0.05) is 15.9 Å². The van der Waals surface area contributed by atoms with E-state index in [1.165, 1.54) is 7.11 Å². The summed E-state index contributed by atoms with van der Waals surface area (Å²) < 4.78 is 5.66. The molecule has 0 aliphatic heterocycles. The van der Waals surface area contributed by atoms with Gasteiger partial charge in [0.15, 0.2) is 0 Å². The van der Waals surface area contributed by atoms with Crippen molar-refractivity contribution in [3.8, 4) is 0 Å². The predicted molar refractivity (Wildman–Crippen MR) is 69.5 cm³/mol. The molecule has 0 heterocycles. The Hall–Kier alpha value is -1.40. The highest BCUT2D eigenvalue weighted by Gasteiger charge is 2.20. The lowest BCUT2D eigenvalue weighted by atomic mass is 10.1. The molecule has 0 saturated carbocycles. The third-order valence-electron chi connectivity index (χ3n) is 2.32. The fourth-order valence-electron chi connectivity index (χ4n) is 1.34. The maximum atomic E-state index is 11.8. The van der Waals surface area contributed by atoms with Crippen molar-refractivity contribution < 1.29 is 19.4 Å². The molecule has 0 spiro atoms. The standard InChI is InChI=1S/C12H14BrNO4/c1-18-7-6-10(12(16)17)14-11(15)8-2-4-9(13)5-3-8/h2-5,10H,6-7H2,1H3,(H,14,15)(H,16,17). The molecule has 18 heavy (non-hydrogen) atoms. The summed E-state index contributed by atoms with van der Waals surface area (Å²) in [6, 6.07) is 5.74. The first kappa shape index (κ1) is 14.7. The van der Waals surface area contributed by atoms with E-state index in [1.54, 1.807) is 24.3 Å². The zero-order valence-corrected chi connectivity index (χ0v) is 11.4. The average Bonchev–Trinajstić information content (AvgIpc) is 2.34. The van der Waals surface area contributed by atoms with Crippen molar-refractivity contribution in [1.29, 1.82) is 0 Å². The van der Waals surface area contributed by atoms with Gasteiger partial charge in [0, 0.05) is 30.2 Å². The van der Waals surface area contributed by atoms with Crippen LogP contribution < -0.4 is 5.32 Å². The number of carbonyl (C=O) groups is 2. The van der Waals surface area contributed by atoms with Crippen LogP contribution in [0.4, 0.5) is 0 Å². The Labute approximate surface area is 113 Å². The van der Waals surface area contributed by atoms with Crippen molar-refractivity contribution in [2.75, 3.05) is 13.7 Å². The first-order valence-corrected chi connectivity index (χ1v) is 6.12. The highest BCUT2D eigenvalue weighted by Crippen LogP contribution is 2.10. The minimum Gasteiger partial charge on any atom is -0.480 e. The quantitative estimate of drug-likeness (QED) is 0.837. The normalized spacial score (nSPS) is 11.9. The maximum absolute atomic E-state index is 11.8. The number of rotatable bonds is 6. The van der Waals surface area contributed by atoms with E-state index in [0.29, 0.717) is 5.56 Å². The van der Waals surface area contributed by atoms with Crippen LogP contribution in [0.3, 0.4) is 0 Å². The average molecular weight is 316 g/mol. The molecule has 0 bridgehead atoms. The van der Waals surface area contributed by atoms with Gasteiger partial charge in [0.05, 0.1) is 0 Å². The first-order chi connectivity index (χ1) is 8.54. The van der Waals surface area contributed by atoms with Gasteiger partial charge in [0.25, 0.3) is 5.91 Å². The number of carbonyl (C=O) groups excluding carboxylic acids is 1. The molecule has 1 atom stereocenters. The number of carboxylic acid groups (broad SMARTS) is 1. The molecule has 2 N–H and O–H groups in total. The predicted octanol–water partition coefficient (Wildman–Crippen LogP) is 1.67. The molecule has 6 heteroatoms. The van der Waals surface area contributed by atoms with E-state index < -0.39 is 17.9 Å². The number of ether oxygens (including phenoxy) is 1. The van der Waals surface area contributed by atoms with E-state index in [1.807, 2.05) is 0 Å². The molecule has 0 aliphatic rings. The highest BCUT2D eigenvalue weighted by molar-refractivity contribution is 9.10. The van der Waals surface area contributed by atoms with Gasteiger partial charge in [-0.05, 0) is 24.3 Å². The van der Waals surface area contributed by atoms with Crippen LogP contribution in [-0.4, -0.2) is 36.7 Å². The number of hydrogen-bond donors (Lipinski definition) is 2. The van der Waals surface area contributed by atoms with Crippen molar-refractivity contribution in [1.82, 2.24) is 5.32 Å². The lowest BCUT2D eigenvalue weighted by molar-refractivity contribution is -0.139. The van der Waals surface area contributed by atoms with E-state index in [-0.39, 0.29) is 13.0 Å². The summed E-state index contributed by atoms with van der Waals surface area (Å²) in [4.78, 5) is 22.8. The summed E-state index contributed by atoms with van der Waals surface area (Å²) in [6.45, 7) is 0.275. The number of carboxylic acids is 1. The van der Waals surface area contributed by atoms with Gasteiger partial charge >= 0.3 is 5.97 Å². The van der Waals surface area contributed by atoms with Crippen LogP contribution in [-0.2, 0) is 9.53 Å². The molecule has 1 aromatic rings. The molecule has 5 nitrogen and oxygen atoms in total. The van der Waals surface area contributed by atoms with Crippen molar-refractivity contribution in [3.05, 3.63) is 34.3 Å². The van der Waals surface area contributed by atoms with Crippen LogP contribution in [0.25, 0.3) is 0 Å². The van der Waals surface area contributed by atoms with E-state index in [2.05, 4.69) is 21.2 Å². The Balaban J connectivity index is 2.66. The molecule has 0 aliphatic carbocycles. The number of methoxy groups -OCH3 is 1. The Bertz CT molecular complexity index is 419. The van der Waals surface area contributed by atoms with Crippen molar-refractivity contribution in [2.24, 2.45) is 0 Å². The van der Waals surface area contributed by atoms with Gasteiger partial charge in [0.2, 0.25) is 0 Å². The molecular formula is C12H14BrNO4. The smallest absolute Gasteiger partial charge is 0.326 e. The van der Waals surface area contributed by atoms with Gasteiger partial charge in [-0.15, -0.1) is 0 Å². The lowest BCUT2D eigenvalue weighted by Crippen LogP contribution is -2.41. The van der Waals surface area contributed by atoms with E-state index in [0.717, 1.165) is 4.47 Å². The minimum absolute atomic E-state index is 0.230. The van der Waals surface area contributed by atoms with Crippen LogP contribution in [0.15, 0.2) is 28.7 Å². The summed E-state index contributed by atoms with van der Waals surface area (Å²) in [6.07, 6.45) is 0.230. The number of nitrogens with one attached hydrogen (secondary N) is 1. The molecule has 1 amide bonds. The molecule has 1 unspecified atom stereocenters. The van der Waals surface area contributed by atoms with Gasteiger partial charge in [0.1, 0.15) is 6.04 Å². The van der Waals surface area contributed by atoms with Crippen molar-refractivity contribution in [2.45, 2.75) is 12.5 Å². The lowest BCUT2D eigenvalue weighted by Gasteiger charge is -2.14. The second-order valence-electron chi connectivity index (χ2n) is 3.65. The van der Waals surface area contributed by atoms with Gasteiger partial charge in [-0.2, -0.15) is 0 Å². The second-order valence-corrected chi connectivity index (χ2v) is 4.57. The summed E-state index contributed by atoms with van der Waals surface area (Å²) in [5.41, 5.74) is 0.418. The van der Waals surface area contributed by atoms with Crippen LogP contribution in [0.2, 0.25) is 0 Å². The van der Waals surface area contributed by atoms with Crippen LogP contribution in [0.1, 0.15) is 16.8 Å². The van der Waals surface area contributed by atoms with Crippen LogP contribution in [0, 0.1) is 0 Å². The van der Waals surface area contributed by atoms with Gasteiger partial charge < -0.3 is 15.2 Å². The highest BCUT2D eigenvalue weighted by atomic mass is 79.9. The Morgan fingerprint density at radius 2 is 2.00 bits per heavy atom. The minimum atomic E-state index is -1.07. The van der Waals surface area contributed by atoms with Crippen LogP contribution >= 0.6 is 15.9 Å². The molecule has 0 aromatic heterocycles. The third kappa shape index (κ3) is 4.46. The van der Waals surface area contributed by atoms with Gasteiger partial charge in [-0.25, -0.2) is 4.79 Å². The second kappa shape index (κ2) is 7.13. The summed E-state index contributed by atoms with van der Waals surface area (Å²) >= 11 is 3.26. The zero-order valence-electron chi connectivity index (χ0n) is 9.85. The number of aliphatic carboxylic acids is 1. The maximum Gasteiger partial charge on any atom is 0.326 e. The number of halogens is 1. The van der Waals surface area contributed by atoms with E-state index in [9.17, 15) is 9.59 Å². The fraction of sp³-hybridized carbons (Fsp3) is 0.333.